The van der Waals surface area contributed by atoms with Gasteiger partial charge in [-0.2, -0.15) is 0 Å². The van der Waals surface area contributed by atoms with Crippen molar-refractivity contribution < 1.29 is 0 Å². The van der Waals surface area contributed by atoms with Crippen LogP contribution < -0.4 is 5.73 Å². The highest BCUT2D eigenvalue weighted by molar-refractivity contribution is 7.80. The SMILES string of the molecule is Cc1ccc(C)c(CN2CCN(C(N)=S)CC2)c1. The van der Waals surface area contributed by atoms with E-state index in [1.807, 2.05) is 0 Å². The third-order valence-corrected chi connectivity index (χ3v) is 3.84. The zero-order valence-corrected chi connectivity index (χ0v) is 12.0. The van der Waals surface area contributed by atoms with Gasteiger partial charge in [-0.05, 0) is 37.2 Å². The Bertz CT molecular complexity index is 437. The van der Waals surface area contributed by atoms with E-state index in [0.29, 0.717) is 5.11 Å². The first-order valence-electron chi connectivity index (χ1n) is 6.39. The summed E-state index contributed by atoms with van der Waals surface area (Å²) in [5.74, 6) is 0. The summed E-state index contributed by atoms with van der Waals surface area (Å²) in [6.45, 7) is 9.31. The van der Waals surface area contributed by atoms with Crippen LogP contribution in [0.5, 0.6) is 0 Å². The lowest BCUT2D eigenvalue weighted by atomic mass is 10.0. The maximum atomic E-state index is 5.65. The average molecular weight is 263 g/mol. The molecule has 0 saturated carbocycles. The van der Waals surface area contributed by atoms with Gasteiger partial charge in [-0.15, -0.1) is 0 Å². The lowest BCUT2D eigenvalue weighted by Crippen LogP contribution is -2.50. The normalized spacial score (nSPS) is 16.9. The van der Waals surface area contributed by atoms with Gasteiger partial charge in [0.1, 0.15) is 0 Å². The minimum Gasteiger partial charge on any atom is -0.376 e. The molecule has 1 aliphatic heterocycles. The summed E-state index contributed by atoms with van der Waals surface area (Å²) in [5.41, 5.74) is 9.78. The molecule has 0 spiro atoms. The molecular formula is C14H21N3S. The van der Waals surface area contributed by atoms with Crippen molar-refractivity contribution >= 4 is 17.3 Å². The third kappa shape index (κ3) is 3.21. The van der Waals surface area contributed by atoms with E-state index in [-0.39, 0.29) is 0 Å². The van der Waals surface area contributed by atoms with Gasteiger partial charge in [-0.25, -0.2) is 0 Å². The van der Waals surface area contributed by atoms with E-state index in [9.17, 15) is 0 Å². The molecule has 18 heavy (non-hydrogen) atoms. The summed E-state index contributed by atoms with van der Waals surface area (Å²) in [6, 6.07) is 6.66. The lowest BCUT2D eigenvalue weighted by molar-refractivity contribution is 0.176. The minimum absolute atomic E-state index is 0.529. The van der Waals surface area contributed by atoms with Crippen molar-refractivity contribution in [3.05, 3.63) is 34.9 Å². The van der Waals surface area contributed by atoms with Gasteiger partial charge < -0.3 is 10.6 Å². The van der Waals surface area contributed by atoms with E-state index in [4.69, 9.17) is 18.0 Å². The highest BCUT2D eigenvalue weighted by atomic mass is 32.1. The Balaban J connectivity index is 1.95. The molecule has 0 unspecified atom stereocenters. The predicted octanol–water partition coefficient (Wildman–Crippen LogP) is 1.66. The number of thiocarbonyl (C=S) groups is 1. The Labute approximate surface area is 115 Å². The number of hydrogen-bond acceptors (Lipinski definition) is 2. The predicted molar refractivity (Wildman–Crippen MR) is 79.6 cm³/mol. The van der Waals surface area contributed by atoms with E-state index in [2.05, 4.69) is 41.8 Å². The van der Waals surface area contributed by atoms with Crippen LogP contribution in [0.1, 0.15) is 16.7 Å². The van der Waals surface area contributed by atoms with Crippen molar-refractivity contribution in [2.45, 2.75) is 20.4 Å². The molecule has 2 rings (SSSR count). The molecule has 0 amide bonds. The standard InChI is InChI=1S/C14H21N3S/c1-11-3-4-12(2)13(9-11)10-16-5-7-17(8-6-16)14(15)18/h3-4,9H,5-8,10H2,1-2H3,(H2,15,18). The van der Waals surface area contributed by atoms with Crippen molar-refractivity contribution in [2.24, 2.45) is 5.73 Å². The number of rotatable bonds is 2. The molecule has 1 heterocycles. The van der Waals surface area contributed by atoms with Crippen LogP contribution in [0.2, 0.25) is 0 Å². The van der Waals surface area contributed by atoms with Crippen molar-refractivity contribution in [3.8, 4) is 0 Å². The number of nitrogens with zero attached hydrogens (tertiary/aromatic N) is 2. The van der Waals surface area contributed by atoms with Crippen molar-refractivity contribution in [2.75, 3.05) is 26.2 Å². The second kappa shape index (κ2) is 5.67. The first-order valence-corrected chi connectivity index (χ1v) is 6.80. The number of piperazine rings is 1. The van der Waals surface area contributed by atoms with Gasteiger partial charge in [0, 0.05) is 32.7 Å². The molecule has 1 saturated heterocycles. The van der Waals surface area contributed by atoms with E-state index in [1.54, 1.807) is 0 Å². The second-order valence-corrected chi connectivity index (χ2v) is 5.45. The maximum absolute atomic E-state index is 5.65. The van der Waals surface area contributed by atoms with Crippen molar-refractivity contribution in [3.63, 3.8) is 0 Å². The average Bonchev–Trinajstić information content (AvgIpc) is 2.34. The number of benzene rings is 1. The fourth-order valence-electron chi connectivity index (χ4n) is 2.34. The van der Waals surface area contributed by atoms with Gasteiger partial charge in [0.2, 0.25) is 0 Å². The topological polar surface area (TPSA) is 32.5 Å². The summed E-state index contributed by atoms with van der Waals surface area (Å²) in [6.07, 6.45) is 0. The maximum Gasteiger partial charge on any atom is 0.166 e. The number of aryl methyl sites for hydroxylation is 2. The van der Waals surface area contributed by atoms with Crippen molar-refractivity contribution in [1.29, 1.82) is 0 Å². The quantitative estimate of drug-likeness (QED) is 0.823. The molecule has 4 heteroatoms. The summed E-state index contributed by atoms with van der Waals surface area (Å²) in [4.78, 5) is 4.55. The van der Waals surface area contributed by atoms with Crippen LogP contribution in [0.4, 0.5) is 0 Å². The van der Waals surface area contributed by atoms with Gasteiger partial charge in [0.25, 0.3) is 0 Å². The fraction of sp³-hybridized carbons (Fsp3) is 0.500. The Morgan fingerprint density at radius 2 is 1.89 bits per heavy atom. The largest absolute Gasteiger partial charge is 0.376 e. The van der Waals surface area contributed by atoms with Crippen LogP contribution in [0.3, 0.4) is 0 Å². The van der Waals surface area contributed by atoms with Crippen LogP contribution in [-0.2, 0) is 6.54 Å². The fourth-order valence-corrected chi connectivity index (χ4v) is 2.52. The zero-order chi connectivity index (χ0) is 13.1. The minimum atomic E-state index is 0.529. The van der Waals surface area contributed by atoms with Crippen molar-refractivity contribution in [1.82, 2.24) is 9.80 Å². The van der Waals surface area contributed by atoms with Crippen LogP contribution >= 0.6 is 12.2 Å². The van der Waals surface area contributed by atoms with Crippen LogP contribution in [0.25, 0.3) is 0 Å². The molecule has 0 bridgehead atoms. The zero-order valence-electron chi connectivity index (χ0n) is 11.1. The van der Waals surface area contributed by atoms with Gasteiger partial charge in [-0.1, -0.05) is 23.8 Å². The monoisotopic (exact) mass is 263 g/mol. The van der Waals surface area contributed by atoms with E-state index < -0.39 is 0 Å². The molecular weight excluding hydrogens is 242 g/mol. The third-order valence-electron chi connectivity index (χ3n) is 3.58. The highest BCUT2D eigenvalue weighted by Crippen LogP contribution is 2.14. The van der Waals surface area contributed by atoms with Gasteiger partial charge in [0.15, 0.2) is 5.11 Å². The summed E-state index contributed by atoms with van der Waals surface area (Å²) >= 11 is 5.01. The molecule has 0 aromatic heterocycles. The van der Waals surface area contributed by atoms with E-state index >= 15 is 0 Å². The molecule has 2 N–H and O–H groups in total. The van der Waals surface area contributed by atoms with Gasteiger partial charge in [0.05, 0.1) is 0 Å². The van der Waals surface area contributed by atoms with Gasteiger partial charge >= 0.3 is 0 Å². The molecule has 0 aliphatic carbocycles. The molecule has 0 radical (unpaired) electrons. The molecule has 1 aromatic rings. The molecule has 1 fully saturated rings. The molecule has 1 aliphatic rings. The summed E-state index contributed by atoms with van der Waals surface area (Å²) in [5, 5.41) is 0.529. The summed E-state index contributed by atoms with van der Waals surface area (Å²) in [7, 11) is 0. The number of nitrogens with two attached hydrogens (primary N) is 1. The molecule has 0 atom stereocenters. The molecule has 1 aromatic carbocycles. The smallest absolute Gasteiger partial charge is 0.166 e. The first kappa shape index (κ1) is 13.3. The van der Waals surface area contributed by atoms with Crippen LogP contribution in [0, 0.1) is 13.8 Å². The number of hydrogen-bond donors (Lipinski definition) is 1. The van der Waals surface area contributed by atoms with Crippen LogP contribution in [-0.4, -0.2) is 41.1 Å². The van der Waals surface area contributed by atoms with Crippen LogP contribution in [0.15, 0.2) is 18.2 Å². The lowest BCUT2D eigenvalue weighted by Gasteiger charge is -2.35. The first-order chi connectivity index (χ1) is 8.56. The Morgan fingerprint density at radius 3 is 2.50 bits per heavy atom. The Hall–Kier alpha value is -1.13. The highest BCUT2D eigenvalue weighted by Gasteiger charge is 2.17. The van der Waals surface area contributed by atoms with E-state index in [1.165, 1.54) is 16.7 Å². The Morgan fingerprint density at radius 1 is 1.22 bits per heavy atom. The molecule has 3 nitrogen and oxygen atoms in total. The summed E-state index contributed by atoms with van der Waals surface area (Å²) < 4.78 is 0. The Kier molecular flexibility index (Phi) is 4.19. The second-order valence-electron chi connectivity index (χ2n) is 5.03. The van der Waals surface area contributed by atoms with E-state index in [0.717, 1.165) is 32.7 Å². The van der Waals surface area contributed by atoms with Gasteiger partial charge in [-0.3, -0.25) is 4.90 Å². The molecule has 98 valence electrons.